The summed E-state index contributed by atoms with van der Waals surface area (Å²) in [6.07, 6.45) is 6.65. The summed E-state index contributed by atoms with van der Waals surface area (Å²) < 4.78 is 5.09. The summed E-state index contributed by atoms with van der Waals surface area (Å²) in [7, 11) is 0. The van der Waals surface area contributed by atoms with Gasteiger partial charge in [0.25, 0.3) is 0 Å². The van der Waals surface area contributed by atoms with Crippen LogP contribution in [0.15, 0.2) is 4.52 Å². The molecule has 2 rings (SSSR count). The van der Waals surface area contributed by atoms with Gasteiger partial charge in [0.2, 0.25) is 0 Å². The number of aryl methyl sites for hydroxylation is 2. The third kappa shape index (κ3) is 4.73. The smallest absolute Gasteiger partial charge is 0.314 e. The molecule has 1 heterocycles. The van der Waals surface area contributed by atoms with Gasteiger partial charge in [-0.25, -0.2) is 4.79 Å². The maximum atomic E-state index is 11.8. The molecular weight excluding hydrogens is 282 g/mol. The molecule has 124 valence electrons. The van der Waals surface area contributed by atoms with Crippen molar-refractivity contribution in [2.45, 2.75) is 64.4 Å². The van der Waals surface area contributed by atoms with E-state index in [0.717, 1.165) is 42.7 Å². The summed E-state index contributed by atoms with van der Waals surface area (Å²) in [4.78, 5) is 11.8. The maximum Gasteiger partial charge on any atom is 0.314 e. The van der Waals surface area contributed by atoms with E-state index in [9.17, 15) is 9.90 Å². The lowest BCUT2D eigenvalue weighted by molar-refractivity contribution is 0.0277. The van der Waals surface area contributed by atoms with Crippen molar-refractivity contribution in [3.8, 4) is 0 Å². The Labute approximate surface area is 131 Å². The first-order valence-corrected chi connectivity index (χ1v) is 8.16. The minimum absolute atomic E-state index is 0.232. The molecule has 2 amide bonds. The highest BCUT2D eigenvalue weighted by molar-refractivity contribution is 5.73. The van der Waals surface area contributed by atoms with E-state index in [1.807, 2.05) is 13.8 Å². The molecule has 1 fully saturated rings. The van der Waals surface area contributed by atoms with Crippen LogP contribution in [0.1, 0.15) is 55.5 Å². The van der Waals surface area contributed by atoms with Crippen molar-refractivity contribution in [3.05, 3.63) is 17.0 Å². The number of nitrogens with one attached hydrogen (secondary N) is 2. The molecule has 1 aromatic heterocycles. The second kappa shape index (κ2) is 7.63. The van der Waals surface area contributed by atoms with Crippen LogP contribution in [0.5, 0.6) is 0 Å². The number of amides is 2. The van der Waals surface area contributed by atoms with Gasteiger partial charge in [0.05, 0.1) is 11.3 Å². The van der Waals surface area contributed by atoms with Crippen molar-refractivity contribution in [3.63, 3.8) is 0 Å². The van der Waals surface area contributed by atoms with Gasteiger partial charge >= 0.3 is 6.03 Å². The number of nitrogens with zero attached hydrogens (tertiary/aromatic N) is 1. The first kappa shape index (κ1) is 16.8. The SMILES string of the molecule is Cc1noc(C)c1CCNC(=O)NCC1(O)CCCCCC1. The molecule has 0 unspecified atom stereocenters. The first-order valence-electron chi connectivity index (χ1n) is 8.16. The lowest BCUT2D eigenvalue weighted by atomic mass is 9.95. The normalized spacial score (nSPS) is 17.8. The topological polar surface area (TPSA) is 87.4 Å². The number of carbonyl (C=O) groups excluding carboxylic acids is 1. The fraction of sp³-hybridized carbons (Fsp3) is 0.750. The molecule has 1 aromatic rings. The molecule has 6 heteroatoms. The van der Waals surface area contributed by atoms with Crippen LogP contribution in [0.25, 0.3) is 0 Å². The standard InChI is InChI=1S/C16H27N3O3/c1-12-14(13(2)22-19-12)7-10-17-15(20)18-11-16(21)8-5-3-4-6-9-16/h21H,3-11H2,1-2H3,(H2,17,18,20). The highest BCUT2D eigenvalue weighted by Crippen LogP contribution is 2.26. The van der Waals surface area contributed by atoms with E-state index in [4.69, 9.17) is 4.52 Å². The van der Waals surface area contributed by atoms with Gasteiger partial charge in [0.1, 0.15) is 5.76 Å². The largest absolute Gasteiger partial charge is 0.388 e. The summed E-state index contributed by atoms with van der Waals surface area (Å²) in [5, 5.41) is 20.0. The molecule has 1 aliphatic carbocycles. The van der Waals surface area contributed by atoms with Crippen molar-refractivity contribution < 1.29 is 14.4 Å². The minimum Gasteiger partial charge on any atom is -0.388 e. The van der Waals surface area contributed by atoms with Crippen LogP contribution >= 0.6 is 0 Å². The summed E-state index contributed by atoms with van der Waals surface area (Å²) in [5.74, 6) is 0.799. The fourth-order valence-corrected chi connectivity index (χ4v) is 3.03. The van der Waals surface area contributed by atoms with Crippen molar-refractivity contribution in [1.29, 1.82) is 0 Å². The number of hydrogen-bond donors (Lipinski definition) is 3. The lowest BCUT2D eigenvalue weighted by Crippen LogP contribution is -2.46. The second-order valence-corrected chi connectivity index (χ2v) is 6.30. The number of carbonyl (C=O) groups is 1. The number of hydrogen-bond acceptors (Lipinski definition) is 4. The third-order valence-corrected chi connectivity index (χ3v) is 4.45. The average molecular weight is 309 g/mol. The molecule has 22 heavy (non-hydrogen) atoms. The molecule has 0 bridgehead atoms. The molecule has 1 aliphatic rings. The molecule has 0 radical (unpaired) electrons. The van der Waals surface area contributed by atoms with E-state index < -0.39 is 5.60 Å². The van der Waals surface area contributed by atoms with Gasteiger partial charge in [-0.05, 0) is 33.1 Å². The van der Waals surface area contributed by atoms with Crippen molar-refractivity contribution in [2.24, 2.45) is 0 Å². The molecule has 0 spiro atoms. The molecule has 3 N–H and O–H groups in total. The molecule has 0 saturated heterocycles. The van der Waals surface area contributed by atoms with Crippen LogP contribution in [0.2, 0.25) is 0 Å². The zero-order chi connectivity index (χ0) is 16.0. The van der Waals surface area contributed by atoms with Crippen molar-refractivity contribution >= 4 is 6.03 Å². The van der Waals surface area contributed by atoms with Gasteiger partial charge in [-0.1, -0.05) is 30.8 Å². The Hall–Kier alpha value is -1.56. The summed E-state index contributed by atoms with van der Waals surface area (Å²) in [6, 6.07) is -0.232. The summed E-state index contributed by atoms with van der Waals surface area (Å²) >= 11 is 0. The van der Waals surface area contributed by atoms with Gasteiger partial charge in [-0.3, -0.25) is 0 Å². The molecule has 1 saturated carbocycles. The monoisotopic (exact) mass is 309 g/mol. The molecular formula is C16H27N3O3. The minimum atomic E-state index is -0.741. The zero-order valence-corrected chi connectivity index (χ0v) is 13.6. The van der Waals surface area contributed by atoms with Crippen LogP contribution in [0.4, 0.5) is 4.79 Å². The number of aromatic nitrogens is 1. The summed E-state index contributed by atoms with van der Waals surface area (Å²) in [5.41, 5.74) is 1.17. The fourth-order valence-electron chi connectivity index (χ4n) is 3.03. The number of aliphatic hydroxyl groups is 1. The maximum absolute atomic E-state index is 11.8. The van der Waals surface area contributed by atoms with Crippen molar-refractivity contribution in [1.82, 2.24) is 15.8 Å². The zero-order valence-electron chi connectivity index (χ0n) is 13.6. The number of rotatable bonds is 5. The number of urea groups is 1. The summed E-state index contributed by atoms with van der Waals surface area (Å²) in [6.45, 7) is 4.61. The Morgan fingerprint density at radius 2 is 1.91 bits per heavy atom. The first-order chi connectivity index (χ1) is 10.5. The van der Waals surface area contributed by atoms with Crippen LogP contribution < -0.4 is 10.6 Å². The van der Waals surface area contributed by atoms with Crippen LogP contribution in [0.3, 0.4) is 0 Å². The van der Waals surface area contributed by atoms with E-state index >= 15 is 0 Å². The molecule has 0 atom stereocenters. The Morgan fingerprint density at radius 3 is 2.50 bits per heavy atom. The van der Waals surface area contributed by atoms with Gasteiger partial charge in [-0.2, -0.15) is 0 Å². The van der Waals surface area contributed by atoms with E-state index in [0.29, 0.717) is 19.5 Å². The van der Waals surface area contributed by atoms with E-state index in [2.05, 4.69) is 15.8 Å². The van der Waals surface area contributed by atoms with Gasteiger partial charge < -0.3 is 20.3 Å². The Kier molecular flexibility index (Phi) is 5.83. The molecule has 6 nitrogen and oxygen atoms in total. The highest BCUT2D eigenvalue weighted by atomic mass is 16.5. The van der Waals surface area contributed by atoms with Crippen molar-refractivity contribution in [2.75, 3.05) is 13.1 Å². The van der Waals surface area contributed by atoms with Crippen LogP contribution in [0, 0.1) is 13.8 Å². The predicted octanol–water partition coefficient (Wildman–Crippen LogP) is 2.22. The van der Waals surface area contributed by atoms with E-state index in [1.165, 1.54) is 12.8 Å². The van der Waals surface area contributed by atoms with E-state index in [1.54, 1.807) is 0 Å². The van der Waals surface area contributed by atoms with Gasteiger partial charge in [0, 0.05) is 18.7 Å². The average Bonchev–Trinajstić information content (AvgIpc) is 2.69. The highest BCUT2D eigenvalue weighted by Gasteiger charge is 2.28. The predicted molar refractivity (Wildman–Crippen MR) is 83.7 cm³/mol. The molecule has 0 aliphatic heterocycles. The second-order valence-electron chi connectivity index (χ2n) is 6.30. The third-order valence-electron chi connectivity index (χ3n) is 4.45. The quantitative estimate of drug-likeness (QED) is 0.728. The molecule has 0 aromatic carbocycles. The Morgan fingerprint density at radius 1 is 1.23 bits per heavy atom. The van der Waals surface area contributed by atoms with Crippen LogP contribution in [-0.4, -0.2) is 35.0 Å². The van der Waals surface area contributed by atoms with E-state index in [-0.39, 0.29) is 6.03 Å². The van der Waals surface area contributed by atoms with Gasteiger partial charge in [-0.15, -0.1) is 0 Å². The Bertz CT molecular complexity index is 471. The lowest BCUT2D eigenvalue weighted by Gasteiger charge is -2.26. The van der Waals surface area contributed by atoms with Gasteiger partial charge in [0.15, 0.2) is 0 Å². The van der Waals surface area contributed by atoms with Crippen LogP contribution in [-0.2, 0) is 6.42 Å². The Balaban J connectivity index is 1.69.